The van der Waals surface area contributed by atoms with E-state index in [1.165, 1.54) is 5.56 Å². The van der Waals surface area contributed by atoms with Crippen molar-refractivity contribution in [1.29, 1.82) is 0 Å². The third kappa shape index (κ3) is 2.56. The van der Waals surface area contributed by atoms with E-state index in [2.05, 4.69) is 26.1 Å². The lowest BCUT2D eigenvalue weighted by Crippen LogP contribution is -2.28. The molecule has 0 aliphatic carbocycles. The molecule has 90 valence electrons. The predicted molar refractivity (Wildman–Crippen MR) is 69.4 cm³/mol. The SMILES string of the molecule is Cc1ccc(-c2noc(C(C)(C)N)n2)c(Br)c1. The molecule has 1 aromatic heterocycles. The van der Waals surface area contributed by atoms with Crippen LogP contribution in [0.3, 0.4) is 0 Å². The van der Waals surface area contributed by atoms with Gasteiger partial charge in [0.1, 0.15) is 0 Å². The highest BCUT2D eigenvalue weighted by molar-refractivity contribution is 9.10. The van der Waals surface area contributed by atoms with Gasteiger partial charge < -0.3 is 10.3 Å². The first-order chi connectivity index (χ1) is 7.88. The smallest absolute Gasteiger partial charge is 0.246 e. The van der Waals surface area contributed by atoms with Crippen molar-refractivity contribution in [2.75, 3.05) is 0 Å². The molecular weight excluding hydrogens is 282 g/mol. The normalized spacial score (nSPS) is 11.8. The Labute approximate surface area is 108 Å². The van der Waals surface area contributed by atoms with Crippen molar-refractivity contribution >= 4 is 15.9 Å². The van der Waals surface area contributed by atoms with Gasteiger partial charge in [-0.3, -0.25) is 0 Å². The van der Waals surface area contributed by atoms with Crippen LogP contribution in [0.4, 0.5) is 0 Å². The number of rotatable bonds is 2. The Morgan fingerprint density at radius 3 is 2.59 bits per heavy atom. The molecule has 0 radical (unpaired) electrons. The summed E-state index contributed by atoms with van der Waals surface area (Å²) in [7, 11) is 0. The second-order valence-electron chi connectivity index (χ2n) is 4.63. The van der Waals surface area contributed by atoms with Gasteiger partial charge in [-0.1, -0.05) is 27.2 Å². The van der Waals surface area contributed by atoms with Gasteiger partial charge in [0.05, 0.1) is 5.54 Å². The molecule has 0 amide bonds. The van der Waals surface area contributed by atoms with Gasteiger partial charge in [0.2, 0.25) is 11.7 Å². The van der Waals surface area contributed by atoms with Crippen molar-refractivity contribution in [3.63, 3.8) is 0 Å². The Morgan fingerprint density at radius 1 is 1.35 bits per heavy atom. The van der Waals surface area contributed by atoms with Gasteiger partial charge in [-0.2, -0.15) is 4.98 Å². The molecule has 1 aromatic carbocycles. The van der Waals surface area contributed by atoms with E-state index in [1.54, 1.807) is 0 Å². The summed E-state index contributed by atoms with van der Waals surface area (Å²) in [5, 5.41) is 3.95. The molecular formula is C12H14BrN3O. The molecule has 1 heterocycles. The molecule has 2 aromatic rings. The quantitative estimate of drug-likeness (QED) is 0.925. The maximum absolute atomic E-state index is 5.90. The van der Waals surface area contributed by atoms with E-state index in [9.17, 15) is 0 Å². The minimum absolute atomic E-state index is 0.431. The van der Waals surface area contributed by atoms with Crippen LogP contribution in [-0.2, 0) is 5.54 Å². The molecule has 17 heavy (non-hydrogen) atoms. The van der Waals surface area contributed by atoms with Crippen molar-refractivity contribution in [2.45, 2.75) is 26.3 Å². The highest BCUT2D eigenvalue weighted by Gasteiger charge is 2.23. The van der Waals surface area contributed by atoms with Crippen LogP contribution < -0.4 is 5.73 Å². The zero-order valence-corrected chi connectivity index (χ0v) is 11.6. The van der Waals surface area contributed by atoms with Crippen molar-refractivity contribution in [3.05, 3.63) is 34.1 Å². The number of aromatic nitrogens is 2. The molecule has 2 N–H and O–H groups in total. The first kappa shape index (κ1) is 12.3. The number of halogens is 1. The zero-order valence-electron chi connectivity index (χ0n) is 9.99. The predicted octanol–water partition coefficient (Wildman–Crippen LogP) is 3.00. The zero-order chi connectivity index (χ0) is 12.6. The summed E-state index contributed by atoms with van der Waals surface area (Å²) < 4.78 is 6.11. The average Bonchev–Trinajstić information content (AvgIpc) is 2.65. The highest BCUT2D eigenvalue weighted by atomic mass is 79.9. The maximum Gasteiger partial charge on any atom is 0.246 e. The van der Waals surface area contributed by atoms with Crippen molar-refractivity contribution in [2.24, 2.45) is 5.73 Å². The van der Waals surface area contributed by atoms with Crippen LogP contribution in [0, 0.1) is 6.92 Å². The molecule has 0 saturated heterocycles. The number of hydrogen-bond acceptors (Lipinski definition) is 4. The number of aryl methyl sites for hydroxylation is 1. The number of hydrogen-bond donors (Lipinski definition) is 1. The molecule has 0 aliphatic rings. The summed E-state index contributed by atoms with van der Waals surface area (Å²) in [5.74, 6) is 0.977. The highest BCUT2D eigenvalue weighted by Crippen LogP contribution is 2.28. The van der Waals surface area contributed by atoms with E-state index in [0.717, 1.165) is 10.0 Å². The second kappa shape index (κ2) is 4.23. The Balaban J connectivity index is 2.44. The summed E-state index contributed by atoms with van der Waals surface area (Å²) in [6.07, 6.45) is 0. The minimum Gasteiger partial charge on any atom is -0.337 e. The van der Waals surface area contributed by atoms with E-state index in [-0.39, 0.29) is 0 Å². The Morgan fingerprint density at radius 2 is 2.06 bits per heavy atom. The van der Waals surface area contributed by atoms with Crippen LogP contribution in [0.2, 0.25) is 0 Å². The van der Waals surface area contributed by atoms with Crippen LogP contribution in [0.25, 0.3) is 11.4 Å². The van der Waals surface area contributed by atoms with Gasteiger partial charge in [-0.25, -0.2) is 0 Å². The molecule has 4 nitrogen and oxygen atoms in total. The van der Waals surface area contributed by atoms with Crippen molar-refractivity contribution < 1.29 is 4.52 Å². The molecule has 0 atom stereocenters. The summed E-state index contributed by atoms with van der Waals surface area (Å²) >= 11 is 3.49. The summed E-state index contributed by atoms with van der Waals surface area (Å²) in [6.45, 7) is 5.68. The molecule has 0 spiro atoms. The average molecular weight is 296 g/mol. The van der Waals surface area contributed by atoms with E-state index in [1.807, 2.05) is 39.0 Å². The maximum atomic E-state index is 5.90. The van der Waals surface area contributed by atoms with E-state index < -0.39 is 5.54 Å². The summed E-state index contributed by atoms with van der Waals surface area (Å²) in [6, 6.07) is 5.97. The van der Waals surface area contributed by atoms with E-state index >= 15 is 0 Å². The molecule has 0 unspecified atom stereocenters. The Kier molecular flexibility index (Phi) is 3.05. The number of nitrogens with zero attached hydrogens (tertiary/aromatic N) is 2. The van der Waals surface area contributed by atoms with Gasteiger partial charge in [0, 0.05) is 10.0 Å². The topological polar surface area (TPSA) is 64.9 Å². The first-order valence-corrected chi connectivity index (χ1v) is 6.07. The van der Waals surface area contributed by atoms with E-state index in [0.29, 0.717) is 11.7 Å². The number of benzene rings is 1. The molecule has 0 fully saturated rings. The van der Waals surface area contributed by atoms with Gasteiger partial charge >= 0.3 is 0 Å². The standard InChI is InChI=1S/C12H14BrN3O/c1-7-4-5-8(9(13)6-7)10-15-11(17-16-10)12(2,3)14/h4-6H,14H2,1-3H3. The Hall–Kier alpha value is -1.20. The van der Waals surface area contributed by atoms with E-state index in [4.69, 9.17) is 10.3 Å². The lowest BCUT2D eigenvalue weighted by molar-refractivity contribution is 0.312. The molecule has 2 rings (SSSR count). The van der Waals surface area contributed by atoms with Crippen LogP contribution >= 0.6 is 15.9 Å². The Bertz CT molecular complexity index is 543. The fourth-order valence-electron chi connectivity index (χ4n) is 1.40. The van der Waals surface area contributed by atoms with Gasteiger partial charge in [-0.05, 0) is 38.5 Å². The summed E-state index contributed by atoms with van der Waals surface area (Å²) in [5.41, 5.74) is 7.35. The fourth-order valence-corrected chi connectivity index (χ4v) is 2.07. The van der Waals surface area contributed by atoms with Crippen LogP contribution in [0.1, 0.15) is 25.3 Å². The minimum atomic E-state index is -0.623. The van der Waals surface area contributed by atoms with Gasteiger partial charge in [0.15, 0.2) is 0 Å². The lowest BCUT2D eigenvalue weighted by atomic mass is 10.1. The van der Waals surface area contributed by atoms with Gasteiger partial charge in [-0.15, -0.1) is 0 Å². The lowest BCUT2D eigenvalue weighted by Gasteiger charge is -2.10. The molecule has 0 bridgehead atoms. The second-order valence-corrected chi connectivity index (χ2v) is 5.48. The molecule has 0 saturated carbocycles. The monoisotopic (exact) mass is 295 g/mol. The number of nitrogens with two attached hydrogens (primary N) is 1. The fraction of sp³-hybridized carbons (Fsp3) is 0.333. The molecule has 0 aliphatic heterocycles. The van der Waals surface area contributed by atoms with Crippen molar-refractivity contribution in [3.8, 4) is 11.4 Å². The van der Waals surface area contributed by atoms with Crippen LogP contribution in [0.15, 0.2) is 27.2 Å². The van der Waals surface area contributed by atoms with Crippen LogP contribution in [-0.4, -0.2) is 10.1 Å². The summed E-state index contributed by atoms with van der Waals surface area (Å²) in [4.78, 5) is 4.31. The van der Waals surface area contributed by atoms with Gasteiger partial charge in [0.25, 0.3) is 0 Å². The largest absolute Gasteiger partial charge is 0.337 e. The molecule has 5 heteroatoms. The third-order valence-electron chi connectivity index (χ3n) is 2.34. The first-order valence-electron chi connectivity index (χ1n) is 5.27. The third-order valence-corrected chi connectivity index (χ3v) is 3.00. The van der Waals surface area contributed by atoms with Crippen molar-refractivity contribution in [1.82, 2.24) is 10.1 Å². The van der Waals surface area contributed by atoms with Crippen LogP contribution in [0.5, 0.6) is 0 Å².